The van der Waals surface area contributed by atoms with E-state index in [4.69, 9.17) is 10.3 Å². The molecule has 1 aromatic heterocycles. The van der Waals surface area contributed by atoms with Gasteiger partial charge in [0.1, 0.15) is 0 Å². The molecule has 2 N–H and O–H groups in total. The maximum absolute atomic E-state index is 5.91. The first-order chi connectivity index (χ1) is 8.61. The Morgan fingerprint density at radius 2 is 2.17 bits per heavy atom. The SMILES string of the molecule is CCC(C)Cc1noc(N)c1-c1cccc(C)c1. The second kappa shape index (κ2) is 5.25. The summed E-state index contributed by atoms with van der Waals surface area (Å²) in [6.07, 6.45) is 2.03. The first-order valence-corrected chi connectivity index (χ1v) is 6.42. The van der Waals surface area contributed by atoms with Gasteiger partial charge in [0.15, 0.2) is 0 Å². The topological polar surface area (TPSA) is 52.0 Å². The third-order valence-corrected chi connectivity index (χ3v) is 3.33. The summed E-state index contributed by atoms with van der Waals surface area (Å²) in [6, 6.07) is 8.27. The van der Waals surface area contributed by atoms with Gasteiger partial charge < -0.3 is 10.3 Å². The highest BCUT2D eigenvalue weighted by Crippen LogP contribution is 2.31. The summed E-state index contributed by atoms with van der Waals surface area (Å²) in [5.74, 6) is 0.997. The second-order valence-electron chi connectivity index (χ2n) is 4.96. The predicted octanol–water partition coefficient (Wildman–Crippen LogP) is 3.82. The molecule has 0 aliphatic rings. The summed E-state index contributed by atoms with van der Waals surface area (Å²) in [6.45, 7) is 6.47. The Bertz CT molecular complexity index is 531. The number of benzene rings is 1. The first kappa shape index (κ1) is 12.7. The minimum Gasteiger partial charge on any atom is -0.367 e. The summed E-state index contributed by atoms with van der Waals surface area (Å²) < 4.78 is 5.16. The molecule has 0 bridgehead atoms. The van der Waals surface area contributed by atoms with Crippen LogP contribution in [0.25, 0.3) is 11.1 Å². The number of anilines is 1. The van der Waals surface area contributed by atoms with Crippen LogP contribution in [-0.4, -0.2) is 5.16 Å². The number of nitrogens with zero attached hydrogens (tertiary/aromatic N) is 1. The van der Waals surface area contributed by atoms with E-state index < -0.39 is 0 Å². The molecule has 3 nitrogen and oxygen atoms in total. The zero-order chi connectivity index (χ0) is 13.1. The van der Waals surface area contributed by atoms with Gasteiger partial charge in [-0.15, -0.1) is 0 Å². The summed E-state index contributed by atoms with van der Waals surface area (Å²) in [5.41, 5.74) is 10.1. The van der Waals surface area contributed by atoms with Crippen LogP contribution in [0, 0.1) is 12.8 Å². The van der Waals surface area contributed by atoms with E-state index in [0.717, 1.165) is 29.7 Å². The number of hydrogen-bond acceptors (Lipinski definition) is 3. The van der Waals surface area contributed by atoms with E-state index in [0.29, 0.717) is 11.8 Å². The van der Waals surface area contributed by atoms with E-state index in [1.807, 2.05) is 6.07 Å². The smallest absolute Gasteiger partial charge is 0.230 e. The van der Waals surface area contributed by atoms with Crippen LogP contribution in [0.3, 0.4) is 0 Å². The van der Waals surface area contributed by atoms with Crippen LogP contribution in [-0.2, 0) is 6.42 Å². The molecule has 0 fully saturated rings. The molecular weight excluding hydrogens is 224 g/mol. The zero-order valence-electron chi connectivity index (χ0n) is 11.2. The van der Waals surface area contributed by atoms with Gasteiger partial charge in [0.05, 0.1) is 11.3 Å². The third kappa shape index (κ3) is 2.55. The van der Waals surface area contributed by atoms with Crippen molar-refractivity contribution in [1.29, 1.82) is 0 Å². The van der Waals surface area contributed by atoms with E-state index in [2.05, 4.69) is 44.1 Å². The molecule has 3 heteroatoms. The minimum absolute atomic E-state index is 0.416. The summed E-state index contributed by atoms with van der Waals surface area (Å²) in [4.78, 5) is 0. The van der Waals surface area contributed by atoms with E-state index in [1.54, 1.807) is 0 Å². The van der Waals surface area contributed by atoms with Gasteiger partial charge in [0.25, 0.3) is 0 Å². The number of aromatic nitrogens is 1. The number of rotatable bonds is 4. The van der Waals surface area contributed by atoms with E-state index in [9.17, 15) is 0 Å². The van der Waals surface area contributed by atoms with Crippen molar-refractivity contribution >= 4 is 5.88 Å². The van der Waals surface area contributed by atoms with Gasteiger partial charge in [-0.05, 0) is 24.8 Å². The molecule has 0 spiro atoms. The molecule has 1 unspecified atom stereocenters. The monoisotopic (exact) mass is 244 g/mol. The Balaban J connectivity index is 2.40. The molecule has 1 aromatic carbocycles. The van der Waals surface area contributed by atoms with Crippen molar-refractivity contribution in [3.63, 3.8) is 0 Å². The van der Waals surface area contributed by atoms with Crippen LogP contribution in [0.2, 0.25) is 0 Å². The number of nitrogens with two attached hydrogens (primary N) is 1. The van der Waals surface area contributed by atoms with Crippen LogP contribution in [0.15, 0.2) is 28.8 Å². The highest BCUT2D eigenvalue weighted by atomic mass is 16.5. The Kier molecular flexibility index (Phi) is 3.70. The lowest BCUT2D eigenvalue weighted by molar-refractivity contribution is 0.418. The second-order valence-corrected chi connectivity index (χ2v) is 4.96. The van der Waals surface area contributed by atoms with Crippen molar-refractivity contribution in [2.45, 2.75) is 33.6 Å². The zero-order valence-corrected chi connectivity index (χ0v) is 11.2. The van der Waals surface area contributed by atoms with Gasteiger partial charge in [0, 0.05) is 0 Å². The molecular formula is C15H20N2O. The molecule has 2 aromatic rings. The van der Waals surface area contributed by atoms with Crippen LogP contribution >= 0.6 is 0 Å². The van der Waals surface area contributed by atoms with Crippen molar-refractivity contribution in [1.82, 2.24) is 5.16 Å². The van der Waals surface area contributed by atoms with Gasteiger partial charge in [-0.1, -0.05) is 55.3 Å². The van der Waals surface area contributed by atoms with Crippen molar-refractivity contribution in [2.24, 2.45) is 5.92 Å². The van der Waals surface area contributed by atoms with E-state index in [-0.39, 0.29) is 0 Å². The first-order valence-electron chi connectivity index (χ1n) is 6.42. The molecule has 0 saturated heterocycles. The Hall–Kier alpha value is -1.77. The third-order valence-electron chi connectivity index (χ3n) is 3.33. The van der Waals surface area contributed by atoms with Crippen molar-refractivity contribution in [3.8, 4) is 11.1 Å². The van der Waals surface area contributed by atoms with Crippen molar-refractivity contribution < 1.29 is 4.52 Å². The Morgan fingerprint density at radius 3 is 2.83 bits per heavy atom. The van der Waals surface area contributed by atoms with Crippen molar-refractivity contribution in [3.05, 3.63) is 35.5 Å². The van der Waals surface area contributed by atoms with Gasteiger partial charge in [-0.25, -0.2) is 0 Å². The lowest BCUT2D eigenvalue weighted by Crippen LogP contribution is -2.00. The van der Waals surface area contributed by atoms with Crippen molar-refractivity contribution in [2.75, 3.05) is 5.73 Å². The number of nitrogen functional groups attached to an aromatic ring is 1. The molecule has 0 aliphatic carbocycles. The van der Waals surface area contributed by atoms with Gasteiger partial charge in [-0.3, -0.25) is 0 Å². The molecule has 0 aliphatic heterocycles. The highest BCUT2D eigenvalue weighted by Gasteiger charge is 2.17. The maximum atomic E-state index is 5.91. The standard InChI is InChI=1S/C15H20N2O/c1-4-10(2)9-13-14(15(16)18-17-13)12-7-5-6-11(3)8-12/h5-8,10H,4,9,16H2,1-3H3. The summed E-state index contributed by atoms with van der Waals surface area (Å²) in [7, 11) is 0. The number of aryl methyl sites for hydroxylation is 1. The molecule has 1 atom stereocenters. The van der Waals surface area contributed by atoms with Crippen LogP contribution < -0.4 is 5.73 Å². The van der Waals surface area contributed by atoms with Gasteiger partial charge in [0.2, 0.25) is 5.88 Å². The number of hydrogen-bond donors (Lipinski definition) is 1. The molecule has 0 radical (unpaired) electrons. The van der Waals surface area contributed by atoms with Gasteiger partial charge in [-0.2, -0.15) is 0 Å². The Morgan fingerprint density at radius 1 is 1.39 bits per heavy atom. The summed E-state index contributed by atoms with van der Waals surface area (Å²) in [5, 5.41) is 4.11. The Labute approximate surface area is 108 Å². The fourth-order valence-corrected chi connectivity index (χ4v) is 2.06. The summed E-state index contributed by atoms with van der Waals surface area (Å²) >= 11 is 0. The van der Waals surface area contributed by atoms with E-state index >= 15 is 0 Å². The maximum Gasteiger partial charge on any atom is 0.230 e. The van der Waals surface area contributed by atoms with Gasteiger partial charge >= 0.3 is 0 Å². The fraction of sp³-hybridized carbons (Fsp3) is 0.400. The average molecular weight is 244 g/mol. The molecule has 0 amide bonds. The molecule has 18 heavy (non-hydrogen) atoms. The fourth-order valence-electron chi connectivity index (χ4n) is 2.06. The highest BCUT2D eigenvalue weighted by molar-refractivity contribution is 5.75. The quantitative estimate of drug-likeness (QED) is 0.889. The predicted molar refractivity (Wildman–Crippen MR) is 74.2 cm³/mol. The average Bonchev–Trinajstić information content (AvgIpc) is 2.70. The van der Waals surface area contributed by atoms with Crippen LogP contribution in [0.5, 0.6) is 0 Å². The van der Waals surface area contributed by atoms with Crippen LogP contribution in [0.4, 0.5) is 5.88 Å². The normalized spacial score (nSPS) is 12.6. The van der Waals surface area contributed by atoms with Crippen LogP contribution in [0.1, 0.15) is 31.5 Å². The van der Waals surface area contributed by atoms with E-state index in [1.165, 1.54) is 5.56 Å². The largest absolute Gasteiger partial charge is 0.367 e. The lowest BCUT2D eigenvalue weighted by atomic mass is 9.96. The molecule has 2 rings (SSSR count). The molecule has 1 heterocycles. The minimum atomic E-state index is 0.416. The molecule has 0 saturated carbocycles. The molecule has 96 valence electrons. The lowest BCUT2D eigenvalue weighted by Gasteiger charge is -2.07.